The van der Waals surface area contributed by atoms with Gasteiger partial charge in [0.15, 0.2) is 17.5 Å². The number of aromatic hydroxyl groups is 1. The summed E-state index contributed by atoms with van der Waals surface area (Å²) in [6, 6.07) is 13.4. The summed E-state index contributed by atoms with van der Waals surface area (Å²) in [5.74, 6) is 1.75. The number of phenols is 1. The van der Waals surface area contributed by atoms with Crippen molar-refractivity contribution in [2.45, 2.75) is 26.9 Å². The van der Waals surface area contributed by atoms with Gasteiger partial charge in [-0.15, -0.1) is 0 Å². The molecule has 7 heteroatoms. The van der Waals surface area contributed by atoms with Crippen LogP contribution in [0.3, 0.4) is 0 Å². The SMILES string of the molecule is CCNC(=NCc1cccc(OC)c1O)NCc1coc(-c2ccc(C)cc2)n1. The second-order valence-electron chi connectivity index (χ2n) is 6.53. The van der Waals surface area contributed by atoms with E-state index < -0.39 is 0 Å². The van der Waals surface area contributed by atoms with E-state index in [-0.39, 0.29) is 5.75 Å². The van der Waals surface area contributed by atoms with E-state index in [9.17, 15) is 5.11 Å². The fourth-order valence-electron chi connectivity index (χ4n) is 2.76. The van der Waals surface area contributed by atoms with Crippen LogP contribution in [0.4, 0.5) is 0 Å². The molecule has 0 aliphatic rings. The second-order valence-corrected chi connectivity index (χ2v) is 6.53. The van der Waals surface area contributed by atoms with Crippen molar-refractivity contribution in [3.8, 4) is 23.0 Å². The van der Waals surface area contributed by atoms with Crippen molar-refractivity contribution < 1.29 is 14.3 Å². The molecule has 3 rings (SSSR count). The number of hydrogen-bond acceptors (Lipinski definition) is 5. The molecule has 0 aliphatic carbocycles. The maximum Gasteiger partial charge on any atom is 0.226 e. The second kappa shape index (κ2) is 9.64. The maximum absolute atomic E-state index is 10.2. The molecular formula is C22H26N4O3. The number of nitrogens with zero attached hydrogens (tertiary/aromatic N) is 2. The molecular weight excluding hydrogens is 368 g/mol. The Morgan fingerprint density at radius 1 is 1.17 bits per heavy atom. The van der Waals surface area contributed by atoms with Crippen LogP contribution >= 0.6 is 0 Å². The molecule has 7 nitrogen and oxygen atoms in total. The largest absolute Gasteiger partial charge is 0.504 e. The smallest absolute Gasteiger partial charge is 0.226 e. The van der Waals surface area contributed by atoms with E-state index in [1.165, 1.54) is 12.7 Å². The van der Waals surface area contributed by atoms with Gasteiger partial charge in [0.2, 0.25) is 5.89 Å². The summed E-state index contributed by atoms with van der Waals surface area (Å²) in [7, 11) is 1.52. The number of aliphatic imine (C=N–C) groups is 1. The van der Waals surface area contributed by atoms with Crippen molar-refractivity contribution in [1.82, 2.24) is 15.6 Å². The molecule has 3 aromatic rings. The number of nitrogens with one attached hydrogen (secondary N) is 2. The van der Waals surface area contributed by atoms with Crippen LogP contribution in [0.15, 0.2) is 58.1 Å². The van der Waals surface area contributed by atoms with Crippen LogP contribution in [-0.4, -0.2) is 29.7 Å². The van der Waals surface area contributed by atoms with E-state index in [0.29, 0.717) is 42.8 Å². The zero-order valence-electron chi connectivity index (χ0n) is 16.9. The molecule has 0 saturated carbocycles. The zero-order chi connectivity index (χ0) is 20.6. The van der Waals surface area contributed by atoms with Crippen LogP contribution in [0.5, 0.6) is 11.5 Å². The molecule has 3 N–H and O–H groups in total. The standard InChI is InChI=1S/C22H26N4O3/c1-4-23-22(24-12-17-6-5-7-19(28-3)20(17)27)25-13-18-14-29-21(26-18)16-10-8-15(2)9-11-16/h5-11,14,27H,4,12-13H2,1-3H3,(H2,23,24,25). The third kappa shape index (κ3) is 5.28. The van der Waals surface area contributed by atoms with Gasteiger partial charge in [0, 0.05) is 17.7 Å². The molecule has 0 spiro atoms. The number of aromatic nitrogens is 1. The molecule has 0 radical (unpaired) electrons. The van der Waals surface area contributed by atoms with E-state index in [4.69, 9.17) is 9.15 Å². The molecule has 0 unspecified atom stereocenters. The normalized spacial score (nSPS) is 11.3. The van der Waals surface area contributed by atoms with Crippen molar-refractivity contribution >= 4 is 5.96 Å². The van der Waals surface area contributed by atoms with Crippen molar-refractivity contribution in [3.05, 3.63) is 65.5 Å². The number of ether oxygens (including phenoxy) is 1. The zero-order valence-corrected chi connectivity index (χ0v) is 16.9. The lowest BCUT2D eigenvalue weighted by atomic mass is 10.1. The van der Waals surface area contributed by atoms with Crippen LogP contribution < -0.4 is 15.4 Å². The monoisotopic (exact) mass is 394 g/mol. The minimum absolute atomic E-state index is 0.105. The Bertz CT molecular complexity index is 964. The Hall–Kier alpha value is -3.48. The fraction of sp³-hybridized carbons (Fsp3) is 0.273. The highest BCUT2D eigenvalue weighted by Gasteiger charge is 2.09. The van der Waals surface area contributed by atoms with Crippen LogP contribution in [0.2, 0.25) is 0 Å². The predicted octanol–water partition coefficient (Wildman–Crippen LogP) is 3.62. The molecule has 1 aromatic heterocycles. The van der Waals surface area contributed by atoms with Gasteiger partial charge in [-0.05, 0) is 32.0 Å². The van der Waals surface area contributed by atoms with Gasteiger partial charge in [0.25, 0.3) is 0 Å². The summed E-state index contributed by atoms with van der Waals surface area (Å²) in [6.45, 7) is 5.52. The lowest BCUT2D eigenvalue weighted by molar-refractivity contribution is 0.370. The highest BCUT2D eigenvalue weighted by Crippen LogP contribution is 2.29. The average Bonchev–Trinajstić information content (AvgIpc) is 3.20. The quantitative estimate of drug-likeness (QED) is 0.419. The number of benzene rings is 2. The van der Waals surface area contributed by atoms with Gasteiger partial charge < -0.3 is 24.9 Å². The predicted molar refractivity (Wildman–Crippen MR) is 113 cm³/mol. The number of methoxy groups -OCH3 is 1. The number of rotatable bonds is 7. The molecule has 0 fully saturated rings. The number of oxazole rings is 1. The van der Waals surface area contributed by atoms with E-state index in [1.54, 1.807) is 12.3 Å². The first kappa shape index (κ1) is 20.3. The molecule has 0 saturated heterocycles. The molecule has 29 heavy (non-hydrogen) atoms. The summed E-state index contributed by atoms with van der Waals surface area (Å²) in [5.41, 5.74) is 3.59. The number of hydrogen-bond donors (Lipinski definition) is 3. The first-order valence-corrected chi connectivity index (χ1v) is 9.49. The van der Waals surface area contributed by atoms with Crippen molar-refractivity contribution in [3.63, 3.8) is 0 Å². The lowest BCUT2D eigenvalue weighted by Crippen LogP contribution is -2.36. The van der Waals surface area contributed by atoms with E-state index in [1.807, 2.05) is 50.2 Å². The van der Waals surface area contributed by atoms with E-state index >= 15 is 0 Å². The highest BCUT2D eigenvalue weighted by molar-refractivity contribution is 5.79. The van der Waals surface area contributed by atoms with Gasteiger partial charge >= 0.3 is 0 Å². The van der Waals surface area contributed by atoms with E-state index in [0.717, 1.165) is 11.3 Å². The third-order valence-electron chi connectivity index (χ3n) is 4.34. The van der Waals surface area contributed by atoms with E-state index in [2.05, 4.69) is 20.6 Å². The first-order valence-electron chi connectivity index (χ1n) is 9.49. The van der Waals surface area contributed by atoms with Crippen LogP contribution in [0.25, 0.3) is 11.5 Å². The summed E-state index contributed by atoms with van der Waals surface area (Å²) in [5, 5.41) is 16.6. The van der Waals surface area contributed by atoms with Crippen molar-refractivity contribution in [2.75, 3.05) is 13.7 Å². The summed E-state index contributed by atoms with van der Waals surface area (Å²) in [4.78, 5) is 9.06. The Balaban J connectivity index is 1.65. The Morgan fingerprint density at radius 3 is 2.69 bits per heavy atom. The molecule has 1 heterocycles. The van der Waals surface area contributed by atoms with Gasteiger partial charge in [0.05, 0.1) is 25.9 Å². The Labute approximate surface area is 170 Å². The molecule has 0 atom stereocenters. The Kier molecular flexibility index (Phi) is 6.73. The van der Waals surface area contributed by atoms with Gasteiger partial charge in [-0.1, -0.05) is 29.8 Å². The van der Waals surface area contributed by atoms with Gasteiger partial charge in [0.1, 0.15) is 6.26 Å². The van der Waals surface area contributed by atoms with Gasteiger partial charge in [-0.25, -0.2) is 9.98 Å². The van der Waals surface area contributed by atoms with Crippen molar-refractivity contribution in [2.24, 2.45) is 4.99 Å². The van der Waals surface area contributed by atoms with Gasteiger partial charge in [-0.3, -0.25) is 0 Å². The molecule has 2 aromatic carbocycles. The highest BCUT2D eigenvalue weighted by atomic mass is 16.5. The third-order valence-corrected chi connectivity index (χ3v) is 4.34. The first-order chi connectivity index (χ1) is 14.1. The fourth-order valence-corrected chi connectivity index (χ4v) is 2.76. The topological polar surface area (TPSA) is 91.9 Å². The Morgan fingerprint density at radius 2 is 1.97 bits per heavy atom. The molecule has 0 bridgehead atoms. The van der Waals surface area contributed by atoms with Crippen LogP contribution in [0.1, 0.15) is 23.7 Å². The number of para-hydroxylation sites is 1. The molecule has 0 aliphatic heterocycles. The van der Waals surface area contributed by atoms with Crippen molar-refractivity contribution in [1.29, 1.82) is 0 Å². The number of phenolic OH excluding ortho intramolecular Hbond substituents is 1. The maximum atomic E-state index is 10.2. The average molecular weight is 394 g/mol. The minimum Gasteiger partial charge on any atom is -0.504 e. The molecule has 152 valence electrons. The van der Waals surface area contributed by atoms with Gasteiger partial charge in [-0.2, -0.15) is 0 Å². The lowest BCUT2D eigenvalue weighted by Gasteiger charge is -2.11. The minimum atomic E-state index is 0.105. The van der Waals surface area contributed by atoms with Crippen LogP contribution in [-0.2, 0) is 13.1 Å². The summed E-state index contributed by atoms with van der Waals surface area (Å²) in [6.07, 6.45) is 1.64. The number of aryl methyl sites for hydroxylation is 1. The summed E-state index contributed by atoms with van der Waals surface area (Å²) >= 11 is 0. The molecule has 0 amide bonds. The van der Waals surface area contributed by atoms with Crippen LogP contribution in [0, 0.1) is 6.92 Å². The number of guanidine groups is 1. The summed E-state index contributed by atoms with van der Waals surface area (Å²) < 4.78 is 10.7.